The summed E-state index contributed by atoms with van der Waals surface area (Å²) >= 11 is 3.52. The Hall–Kier alpha value is -1.39. The summed E-state index contributed by atoms with van der Waals surface area (Å²) in [5.74, 6) is 0.837. The van der Waals surface area contributed by atoms with Gasteiger partial charge in [-0.05, 0) is 45.6 Å². The number of aliphatic hydroxyl groups is 1. The Labute approximate surface area is 115 Å². The molecule has 0 amide bonds. The van der Waals surface area contributed by atoms with Gasteiger partial charge in [-0.2, -0.15) is 0 Å². The maximum atomic E-state index is 9.09. The first kappa shape index (κ1) is 13.1. The Bertz CT molecular complexity index is 543. The maximum absolute atomic E-state index is 9.09. The predicted octanol–water partition coefficient (Wildman–Crippen LogP) is 3.26. The lowest BCUT2D eigenvalue weighted by Crippen LogP contribution is -2.03. The number of aryl methyl sites for hydroxylation is 1. The van der Waals surface area contributed by atoms with E-state index in [1.54, 1.807) is 6.20 Å². The average molecular weight is 307 g/mol. The largest absolute Gasteiger partial charge is 0.392 e. The summed E-state index contributed by atoms with van der Waals surface area (Å²) in [5.41, 5.74) is 3.19. The molecule has 0 atom stereocenters. The molecular weight excluding hydrogens is 292 g/mol. The molecule has 2 N–H and O–H groups in total. The summed E-state index contributed by atoms with van der Waals surface area (Å²) in [7, 11) is 0. The molecule has 1 heterocycles. The van der Waals surface area contributed by atoms with E-state index in [0.29, 0.717) is 6.54 Å². The molecule has 2 aromatic rings. The Morgan fingerprint density at radius 1 is 1.28 bits per heavy atom. The molecule has 0 fully saturated rings. The number of aromatic nitrogens is 1. The first-order valence-electron chi connectivity index (χ1n) is 5.74. The quantitative estimate of drug-likeness (QED) is 0.911. The van der Waals surface area contributed by atoms with E-state index in [1.807, 2.05) is 37.3 Å². The number of nitrogens with one attached hydrogen (secondary N) is 1. The van der Waals surface area contributed by atoms with E-state index < -0.39 is 0 Å². The highest BCUT2D eigenvalue weighted by atomic mass is 79.9. The molecule has 0 spiro atoms. The number of hydrogen-bond donors (Lipinski definition) is 2. The van der Waals surface area contributed by atoms with Gasteiger partial charge in [0.05, 0.1) is 11.1 Å². The van der Waals surface area contributed by atoms with Crippen molar-refractivity contribution in [3.05, 3.63) is 57.7 Å². The van der Waals surface area contributed by atoms with Crippen molar-refractivity contribution in [2.24, 2.45) is 0 Å². The molecule has 0 aliphatic carbocycles. The van der Waals surface area contributed by atoms with Crippen LogP contribution in [0.25, 0.3) is 0 Å². The van der Waals surface area contributed by atoms with Gasteiger partial charge in [-0.15, -0.1) is 0 Å². The molecule has 0 unspecified atom stereocenters. The second-order valence-electron chi connectivity index (χ2n) is 4.12. The summed E-state index contributed by atoms with van der Waals surface area (Å²) in [6.07, 6.45) is 1.78. The minimum absolute atomic E-state index is 0.0697. The van der Waals surface area contributed by atoms with Crippen molar-refractivity contribution >= 4 is 21.7 Å². The second kappa shape index (κ2) is 5.98. The lowest BCUT2D eigenvalue weighted by atomic mass is 10.1. The van der Waals surface area contributed by atoms with Gasteiger partial charge in [0.15, 0.2) is 0 Å². The van der Waals surface area contributed by atoms with Crippen LogP contribution >= 0.6 is 15.9 Å². The van der Waals surface area contributed by atoms with E-state index in [2.05, 4.69) is 26.2 Å². The van der Waals surface area contributed by atoms with Crippen molar-refractivity contribution in [2.75, 3.05) is 5.32 Å². The minimum Gasteiger partial charge on any atom is -0.392 e. The fourth-order valence-electron chi connectivity index (χ4n) is 1.69. The molecule has 0 saturated carbocycles. The molecule has 3 nitrogen and oxygen atoms in total. The molecule has 18 heavy (non-hydrogen) atoms. The average Bonchev–Trinajstić information content (AvgIpc) is 2.41. The molecule has 1 aromatic heterocycles. The monoisotopic (exact) mass is 306 g/mol. The van der Waals surface area contributed by atoms with Crippen LogP contribution in [-0.2, 0) is 13.2 Å². The third kappa shape index (κ3) is 3.09. The van der Waals surface area contributed by atoms with E-state index >= 15 is 0 Å². The molecule has 4 heteroatoms. The van der Waals surface area contributed by atoms with Crippen LogP contribution in [0.4, 0.5) is 5.82 Å². The van der Waals surface area contributed by atoms with Crippen LogP contribution in [0, 0.1) is 6.92 Å². The zero-order chi connectivity index (χ0) is 13.0. The molecule has 0 aliphatic heterocycles. The number of rotatable bonds is 4. The normalized spacial score (nSPS) is 10.4. The molecule has 0 aliphatic rings. The van der Waals surface area contributed by atoms with Crippen LogP contribution in [0.5, 0.6) is 0 Å². The van der Waals surface area contributed by atoms with Gasteiger partial charge in [-0.3, -0.25) is 0 Å². The number of nitrogens with zero attached hydrogens (tertiary/aromatic N) is 1. The third-order valence-electron chi connectivity index (χ3n) is 2.72. The van der Waals surface area contributed by atoms with Gasteiger partial charge in [-0.1, -0.05) is 24.3 Å². The fourth-order valence-corrected chi connectivity index (χ4v) is 2.06. The van der Waals surface area contributed by atoms with E-state index in [9.17, 15) is 0 Å². The van der Waals surface area contributed by atoms with Crippen molar-refractivity contribution in [2.45, 2.75) is 20.1 Å². The van der Waals surface area contributed by atoms with Crippen molar-refractivity contribution in [3.63, 3.8) is 0 Å². The van der Waals surface area contributed by atoms with Crippen LogP contribution in [-0.4, -0.2) is 10.1 Å². The number of anilines is 1. The van der Waals surface area contributed by atoms with Crippen molar-refractivity contribution < 1.29 is 5.11 Å². The SMILES string of the molecule is Cc1ccnc(NCc2cccc(CO)c2)c1Br. The Morgan fingerprint density at radius 2 is 2.06 bits per heavy atom. The smallest absolute Gasteiger partial charge is 0.140 e. The van der Waals surface area contributed by atoms with Crippen LogP contribution in [0.15, 0.2) is 41.0 Å². The first-order valence-corrected chi connectivity index (χ1v) is 6.53. The zero-order valence-corrected chi connectivity index (χ0v) is 11.7. The van der Waals surface area contributed by atoms with Crippen LogP contribution in [0.2, 0.25) is 0 Å². The molecule has 0 saturated heterocycles. The second-order valence-corrected chi connectivity index (χ2v) is 4.92. The van der Waals surface area contributed by atoms with Gasteiger partial charge in [0, 0.05) is 12.7 Å². The molecule has 94 valence electrons. The topological polar surface area (TPSA) is 45.2 Å². The van der Waals surface area contributed by atoms with E-state index in [1.165, 1.54) is 0 Å². The van der Waals surface area contributed by atoms with Crippen LogP contribution < -0.4 is 5.32 Å². The van der Waals surface area contributed by atoms with E-state index in [-0.39, 0.29) is 6.61 Å². The summed E-state index contributed by atoms with van der Waals surface area (Å²) in [6.45, 7) is 2.78. The molecular formula is C14H15BrN2O. The highest BCUT2D eigenvalue weighted by Crippen LogP contribution is 2.23. The number of halogens is 1. The summed E-state index contributed by atoms with van der Waals surface area (Å²) in [6, 6.07) is 9.82. The molecule has 1 aromatic carbocycles. The number of benzene rings is 1. The molecule has 0 bridgehead atoms. The number of hydrogen-bond acceptors (Lipinski definition) is 3. The molecule has 2 rings (SSSR count). The highest BCUT2D eigenvalue weighted by molar-refractivity contribution is 9.10. The number of aliphatic hydroxyl groups excluding tert-OH is 1. The minimum atomic E-state index is 0.0697. The summed E-state index contributed by atoms with van der Waals surface area (Å²) < 4.78 is 0.989. The first-order chi connectivity index (χ1) is 8.70. The Balaban J connectivity index is 2.09. The lowest BCUT2D eigenvalue weighted by Gasteiger charge is -2.09. The van der Waals surface area contributed by atoms with Crippen LogP contribution in [0.3, 0.4) is 0 Å². The zero-order valence-electron chi connectivity index (χ0n) is 10.2. The summed E-state index contributed by atoms with van der Waals surface area (Å²) in [4.78, 5) is 4.29. The van der Waals surface area contributed by atoms with Crippen molar-refractivity contribution in [1.82, 2.24) is 4.98 Å². The summed E-state index contributed by atoms with van der Waals surface area (Å²) in [5, 5.41) is 12.4. The van der Waals surface area contributed by atoms with Gasteiger partial charge in [0.2, 0.25) is 0 Å². The van der Waals surface area contributed by atoms with Crippen molar-refractivity contribution in [1.29, 1.82) is 0 Å². The van der Waals surface area contributed by atoms with Crippen LogP contribution in [0.1, 0.15) is 16.7 Å². The lowest BCUT2D eigenvalue weighted by molar-refractivity contribution is 0.281. The predicted molar refractivity (Wildman–Crippen MR) is 76.4 cm³/mol. The Morgan fingerprint density at radius 3 is 2.83 bits per heavy atom. The highest BCUT2D eigenvalue weighted by Gasteiger charge is 2.03. The molecule has 0 radical (unpaired) electrons. The Kier molecular flexibility index (Phi) is 4.33. The van der Waals surface area contributed by atoms with Gasteiger partial charge >= 0.3 is 0 Å². The third-order valence-corrected chi connectivity index (χ3v) is 3.72. The van der Waals surface area contributed by atoms with Gasteiger partial charge in [0.1, 0.15) is 5.82 Å². The maximum Gasteiger partial charge on any atom is 0.140 e. The van der Waals surface area contributed by atoms with E-state index in [4.69, 9.17) is 5.11 Å². The van der Waals surface area contributed by atoms with Gasteiger partial charge in [-0.25, -0.2) is 4.98 Å². The van der Waals surface area contributed by atoms with E-state index in [0.717, 1.165) is 27.0 Å². The van der Waals surface area contributed by atoms with Gasteiger partial charge in [0.25, 0.3) is 0 Å². The fraction of sp³-hybridized carbons (Fsp3) is 0.214. The van der Waals surface area contributed by atoms with Gasteiger partial charge < -0.3 is 10.4 Å². The standard InChI is InChI=1S/C14H15BrN2O/c1-10-5-6-16-14(13(10)15)17-8-11-3-2-4-12(7-11)9-18/h2-7,18H,8-9H2,1H3,(H,16,17). The van der Waals surface area contributed by atoms with Crippen molar-refractivity contribution in [3.8, 4) is 0 Å². The number of pyridine rings is 1.